The van der Waals surface area contributed by atoms with Crippen molar-refractivity contribution in [1.29, 1.82) is 0 Å². The van der Waals surface area contributed by atoms with Gasteiger partial charge in [-0.2, -0.15) is 0 Å². The first-order chi connectivity index (χ1) is 17.3. The number of aromatic nitrogens is 2. The number of thioether (sulfide) groups is 1. The van der Waals surface area contributed by atoms with Crippen LogP contribution in [-0.4, -0.2) is 62.6 Å². The minimum absolute atomic E-state index is 0.0295. The minimum Gasteiger partial charge on any atom is -0.477 e. The van der Waals surface area contributed by atoms with Crippen molar-refractivity contribution in [2.24, 2.45) is 16.8 Å². The highest BCUT2D eigenvalue weighted by molar-refractivity contribution is 8.00. The number of carbonyl (C=O) groups excluding carboxylic acids is 2. The summed E-state index contributed by atoms with van der Waals surface area (Å²) >= 11 is 8.62. The van der Waals surface area contributed by atoms with Crippen LogP contribution in [-0.2, 0) is 25.8 Å². The fourth-order valence-electron chi connectivity index (χ4n) is 3.94. The monoisotopic (exact) mass is 551 g/mol. The van der Waals surface area contributed by atoms with E-state index in [0.29, 0.717) is 30.8 Å². The summed E-state index contributed by atoms with van der Waals surface area (Å²) in [6.45, 7) is 0.920. The molecule has 0 bridgehead atoms. The number of anilines is 1. The maximum absolute atomic E-state index is 13.2. The molecule has 0 unspecified atom stereocenters. The second kappa shape index (κ2) is 11.4. The Bertz CT molecular complexity index is 1230. The molecule has 2 aromatic heterocycles. The quantitative estimate of drug-likeness (QED) is 0.122. The maximum atomic E-state index is 13.2. The molecular formula is C22H24ClN6O5S2+. The molecule has 36 heavy (non-hydrogen) atoms. The third-order valence-corrected chi connectivity index (χ3v) is 8.08. The lowest BCUT2D eigenvalue weighted by atomic mass is 9.89. The molecule has 2 aliphatic rings. The number of aliphatic carboxylic acids is 1. The number of hydrogen-bond donors (Lipinski definition) is 3. The van der Waals surface area contributed by atoms with Gasteiger partial charge < -0.3 is 21.4 Å². The molecule has 2 atom stereocenters. The van der Waals surface area contributed by atoms with Crippen LogP contribution in [0.25, 0.3) is 0 Å². The third-order valence-electron chi connectivity index (χ3n) is 5.60. The van der Waals surface area contributed by atoms with Gasteiger partial charge in [-0.1, -0.05) is 34.2 Å². The topological polar surface area (TPSA) is 165 Å². The van der Waals surface area contributed by atoms with Gasteiger partial charge in [-0.05, 0) is 13.0 Å². The molecule has 4 rings (SSSR count). The van der Waals surface area contributed by atoms with Crippen LogP contribution in [0.3, 0.4) is 0 Å². The molecule has 0 spiro atoms. The largest absolute Gasteiger partial charge is 0.477 e. The van der Waals surface area contributed by atoms with Crippen molar-refractivity contribution in [3.8, 4) is 0 Å². The fourth-order valence-corrected chi connectivity index (χ4v) is 6.28. The average molecular weight is 552 g/mol. The standard InChI is InChI=1S/C22H23ClN6O5S2/c23-18-16(26-22(25)36-18)15(27-34-8-4-5-24)14(30)9-13-19(31)29-17(21(32)33)12(11-35-20(13)29)10-28-6-2-1-3-7-28/h1-3,6-7,13,20H,4-5,8-11,24H2,(H2-,25,26,32,33)/p+1/b27-15+/t13-,20-/m1/s1. The van der Waals surface area contributed by atoms with Crippen LogP contribution in [0.2, 0.25) is 4.34 Å². The van der Waals surface area contributed by atoms with Crippen molar-refractivity contribution in [2.45, 2.75) is 24.8 Å². The molecule has 0 saturated carbocycles. The molecule has 11 nitrogen and oxygen atoms in total. The van der Waals surface area contributed by atoms with Crippen molar-refractivity contribution >= 4 is 63.2 Å². The first kappa shape index (κ1) is 26.1. The van der Waals surface area contributed by atoms with Gasteiger partial charge in [0.1, 0.15) is 22.3 Å². The van der Waals surface area contributed by atoms with Crippen LogP contribution in [0.4, 0.5) is 5.13 Å². The van der Waals surface area contributed by atoms with Gasteiger partial charge in [0.2, 0.25) is 5.91 Å². The number of oxime groups is 1. The minimum atomic E-state index is -1.18. The summed E-state index contributed by atoms with van der Waals surface area (Å²) in [6, 6.07) is 5.55. The van der Waals surface area contributed by atoms with Gasteiger partial charge >= 0.3 is 5.97 Å². The molecule has 1 saturated heterocycles. The van der Waals surface area contributed by atoms with Gasteiger partial charge in [0.15, 0.2) is 35.6 Å². The number of pyridine rings is 1. The number of halogens is 1. The van der Waals surface area contributed by atoms with E-state index in [0.717, 1.165) is 11.3 Å². The first-order valence-electron chi connectivity index (χ1n) is 11.0. The molecule has 2 aromatic rings. The van der Waals surface area contributed by atoms with Crippen LogP contribution in [0.5, 0.6) is 0 Å². The van der Waals surface area contributed by atoms with Gasteiger partial charge in [0.25, 0.3) is 0 Å². The fraction of sp³-hybridized carbons (Fsp3) is 0.364. The molecule has 2 aliphatic heterocycles. The summed E-state index contributed by atoms with van der Waals surface area (Å²) in [5.74, 6) is -2.40. The summed E-state index contributed by atoms with van der Waals surface area (Å²) in [5, 5.41) is 13.5. The highest BCUT2D eigenvalue weighted by Crippen LogP contribution is 2.45. The lowest BCUT2D eigenvalue weighted by molar-refractivity contribution is -0.689. The van der Waals surface area contributed by atoms with Gasteiger partial charge in [-0.15, -0.1) is 11.8 Å². The number of thiazole rings is 1. The number of fused-ring (bicyclic) bond motifs is 1. The summed E-state index contributed by atoms with van der Waals surface area (Å²) < 4.78 is 2.02. The van der Waals surface area contributed by atoms with E-state index in [4.69, 9.17) is 27.9 Å². The molecule has 1 fully saturated rings. The number of carboxylic acid groups (broad SMARTS) is 1. The van der Waals surface area contributed by atoms with Crippen molar-refractivity contribution in [3.63, 3.8) is 0 Å². The molecule has 5 N–H and O–H groups in total. The van der Waals surface area contributed by atoms with E-state index in [2.05, 4.69) is 10.1 Å². The molecule has 14 heteroatoms. The number of carbonyl (C=O) groups is 3. The van der Waals surface area contributed by atoms with E-state index in [1.54, 1.807) is 0 Å². The van der Waals surface area contributed by atoms with Crippen LogP contribution in [0.1, 0.15) is 18.5 Å². The molecule has 0 radical (unpaired) electrons. The highest BCUT2D eigenvalue weighted by Gasteiger charge is 2.54. The molecular weight excluding hydrogens is 528 g/mol. The zero-order valence-corrected chi connectivity index (χ0v) is 21.4. The average Bonchev–Trinajstić information content (AvgIpc) is 3.19. The van der Waals surface area contributed by atoms with Crippen molar-refractivity contribution in [1.82, 2.24) is 9.88 Å². The van der Waals surface area contributed by atoms with Crippen LogP contribution in [0, 0.1) is 5.92 Å². The Balaban J connectivity index is 1.53. The Hall–Kier alpha value is -3.00. The summed E-state index contributed by atoms with van der Waals surface area (Å²) in [6.07, 6.45) is 3.99. The van der Waals surface area contributed by atoms with Crippen LogP contribution >= 0.6 is 34.7 Å². The Morgan fingerprint density at radius 2 is 2.08 bits per heavy atom. The second-order valence-electron chi connectivity index (χ2n) is 8.04. The zero-order chi connectivity index (χ0) is 25.8. The van der Waals surface area contributed by atoms with E-state index in [1.165, 1.54) is 16.7 Å². The lowest BCUT2D eigenvalue weighted by Crippen LogP contribution is -2.62. The Morgan fingerprint density at radius 1 is 1.33 bits per heavy atom. The highest BCUT2D eigenvalue weighted by atomic mass is 35.5. The molecule has 1 amide bonds. The van der Waals surface area contributed by atoms with Gasteiger partial charge in [-0.3, -0.25) is 14.5 Å². The SMILES string of the molecule is NCCCO/N=C(\C(=O)C[C@@H]1C(=O)N2C(C(=O)O)=C(C[n+]3ccccc3)CS[C@H]12)c1nc(N)sc1Cl. The molecule has 4 heterocycles. The molecule has 0 aliphatic carbocycles. The van der Waals surface area contributed by atoms with Gasteiger partial charge in [0.05, 0.1) is 11.3 Å². The van der Waals surface area contributed by atoms with Crippen molar-refractivity contribution < 1.29 is 28.9 Å². The number of ketones is 1. The summed E-state index contributed by atoms with van der Waals surface area (Å²) in [7, 11) is 0. The van der Waals surface area contributed by atoms with E-state index in [9.17, 15) is 19.5 Å². The lowest BCUT2D eigenvalue weighted by Gasteiger charge is -2.49. The maximum Gasteiger partial charge on any atom is 0.352 e. The first-order valence-corrected chi connectivity index (χ1v) is 13.3. The van der Waals surface area contributed by atoms with E-state index >= 15 is 0 Å². The van der Waals surface area contributed by atoms with Gasteiger partial charge in [-0.25, -0.2) is 14.3 Å². The number of carboxylic acids is 1. The van der Waals surface area contributed by atoms with E-state index in [1.807, 2.05) is 35.2 Å². The Kier molecular flexibility index (Phi) is 8.24. The van der Waals surface area contributed by atoms with Crippen molar-refractivity contribution in [3.05, 3.63) is 51.9 Å². The smallest absolute Gasteiger partial charge is 0.352 e. The molecule has 0 aromatic carbocycles. The number of hydrogen-bond acceptors (Lipinski definition) is 10. The summed E-state index contributed by atoms with van der Waals surface area (Å²) in [5.41, 5.74) is 11.7. The number of amides is 1. The van der Waals surface area contributed by atoms with Crippen LogP contribution < -0.4 is 16.0 Å². The van der Waals surface area contributed by atoms with E-state index in [-0.39, 0.29) is 39.6 Å². The molecule has 190 valence electrons. The van der Waals surface area contributed by atoms with E-state index < -0.39 is 29.0 Å². The number of nitrogens with zero attached hydrogens (tertiary/aromatic N) is 4. The number of Topliss-reactive ketones (excluding diaryl/α,β-unsaturated/α-hetero) is 1. The summed E-state index contributed by atoms with van der Waals surface area (Å²) in [4.78, 5) is 49.0. The number of rotatable bonds is 11. The number of nitrogens with two attached hydrogens (primary N) is 2. The normalized spacial score (nSPS) is 19.7. The third kappa shape index (κ3) is 5.38. The number of β-lactam (4-membered cyclic amide) rings is 1. The predicted octanol–water partition coefficient (Wildman–Crippen LogP) is 1.27. The van der Waals surface area contributed by atoms with Crippen LogP contribution in [0.15, 0.2) is 47.0 Å². The predicted molar refractivity (Wildman–Crippen MR) is 135 cm³/mol. The zero-order valence-electron chi connectivity index (χ0n) is 19.0. The Morgan fingerprint density at radius 3 is 2.72 bits per heavy atom. The number of nitrogen functional groups attached to an aromatic ring is 1. The van der Waals surface area contributed by atoms with Gasteiger partial charge in [0, 0.05) is 29.9 Å². The Labute approximate surface area is 219 Å². The second-order valence-corrected chi connectivity index (χ2v) is 10.8. The van der Waals surface area contributed by atoms with Crippen molar-refractivity contribution in [2.75, 3.05) is 24.6 Å².